The molecule has 0 bridgehead atoms. The number of ether oxygens (including phenoxy) is 3. The maximum absolute atomic E-state index is 11.1. The molecule has 3 aromatic rings. The number of benzene rings is 2. The van der Waals surface area contributed by atoms with Gasteiger partial charge in [-0.25, -0.2) is 0 Å². The summed E-state index contributed by atoms with van der Waals surface area (Å²) in [6, 6.07) is 10.9. The van der Waals surface area contributed by atoms with Crippen molar-refractivity contribution < 1.29 is 19.3 Å². The fourth-order valence-electron chi connectivity index (χ4n) is 3.43. The van der Waals surface area contributed by atoms with E-state index < -0.39 is 0 Å². The van der Waals surface area contributed by atoms with Crippen LogP contribution in [0.3, 0.4) is 0 Å². The second-order valence-corrected chi connectivity index (χ2v) is 6.74. The molecular weight excluding hydrogens is 398 g/mol. The Morgan fingerprint density at radius 2 is 1.84 bits per heavy atom. The lowest BCUT2D eigenvalue weighted by atomic mass is 9.92. The van der Waals surface area contributed by atoms with Gasteiger partial charge in [-0.15, -0.1) is 10.2 Å². The van der Waals surface area contributed by atoms with Gasteiger partial charge < -0.3 is 24.6 Å². The molecule has 4 rings (SSSR count). The van der Waals surface area contributed by atoms with Gasteiger partial charge in [0.25, 0.3) is 0 Å². The van der Waals surface area contributed by atoms with E-state index in [2.05, 4.69) is 20.7 Å². The van der Waals surface area contributed by atoms with Gasteiger partial charge in [-0.05, 0) is 36.4 Å². The van der Waals surface area contributed by atoms with Gasteiger partial charge in [0.15, 0.2) is 11.5 Å². The van der Waals surface area contributed by atoms with Crippen LogP contribution in [0.1, 0.15) is 29.4 Å². The lowest BCUT2D eigenvalue weighted by Gasteiger charge is -2.23. The Bertz CT molecular complexity index is 1180. The summed E-state index contributed by atoms with van der Waals surface area (Å²) in [7, 11) is 4.84. The van der Waals surface area contributed by atoms with Gasteiger partial charge in [0.1, 0.15) is 11.5 Å². The highest BCUT2D eigenvalue weighted by Gasteiger charge is 2.26. The molecule has 0 amide bonds. The highest BCUT2D eigenvalue weighted by atomic mass is 16.5. The molecule has 160 valence electrons. The van der Waals surface area contributed by atoms with Gasteiger partial charge in [-0.3, -0.25) is 0 Å². The van der Waals surface area contributed by atoms with Crippen LogP contribution in [0.25, 0.3) is 17.0 Å². The van der Waals surface area contributed by atoms with Crippen molar-refractivity contribution in [1.82, 2.24) is 25.5 Å². The molecule has 1 aromatic heterocycles. The van der Waals surface area contributed by atoms with Crippen molar-refractivity contribution in [1.29, 1.82) is 0 Å². The maximum Gasteiger partial charge on any atom is 0.206 e. The Morgan fingerprint density at radius 1 is 1.10 bits per heavy atom. The highest BCUT2D eigenvalue weighted by Crippen LogP contribution is 2.41. The molecule has 0 radical (unpaired) electrons. The predicted molar refractivity (Wildman–Crippen MR) is 116 cm³/mol. The number of hydrogen-bond donors (Lipinski definition) is 2. The van der Waals surface area contributed by atoms with E-state index in [9.17, 15) is 5.11 Å². The monoisotopic (exact) mass is 421 g/mol. The predicted octanol–water partition coefficient (Wildman–Crippen LogP) is 3.00. The van der Waals surface area contributed by atoms with Gasteiger partial charge >= 0.3 is 0 Å². The number of nitrogens with one attached hydrogen (secondary N) is 1. The van der Waals surface area contributed by atoms with Crippen LogP contribution in [-0.2, 0) is 7.05 Å². The summed E-state index contributed by atoms with van der Waals surface area (Å²) in [4.78, 5) is 1.39. The topological polar surface area (TPSA) is 104 Å². The fraction of sp³-hybridized carbons (Fsp3) is 0.227. The van der Waals surface area contributed by atoms with E-state index in [-0.39, 0.29) is 5.76 Å². The van der Waals surface area contributed by atoms with Crippen molar-refractivity contribution >= 4 is 17.0 Å². The second kappa shape index (κ2) is 8.39. The third-order valence-electron chi connectivity index (χ3n) is 4.85. The average molecular weight is 421 g/mol. The van der Waals surface area contributed by atoms with Gasteiger partial charge in [0.05, 0.1) is 33.6 Å². The first-order chi connectivity index (χ1) is 15.0. The summed E-state index contributed by atoms with van der Waals surface area (Å²) in [5.41, 5.74) is 3.32. The summed E-state index contributed by atoms with van der Waals surface area (Å²) in [6.07, 6.45) is 1.74. The molecule has 2 N–H and O–H groups in total. The molecule has 0 aliphatic carbocycles. The normalized spacial score (nSPS) is 14.3. The second-order valence-electron chi connectivity index (χ2n) is 6.74. The Kier molecular flexibility index (Phi) is 5.48. The van der Waals surface area contributed by atoms with Crippen LogP contribution in [0.2, 0.25) is 0 Å². The summed E-state index contributed by atoms with van der Waals surface area (Å²) in [6.45, 7) is 2.45. The van der Waals surface area contributed by atoms with Crippen LogP contribution in [-0.4, -0.2) is 46.1 Å². The quantitative estimate of drug-likeness (QED) is 0.586. The number of aliphatic hydroxyl groups is 1. The maximum atomic E-state index is 11.1. The minimum absolute atomic E-state index is 0.0671. The van der Waals surface area contributed by atoms with E-state index in [0.717, 1.165) is 5.56 Å². The number of rotatable bonds is 6. The summed E-state index contributed by atoms with van der Waals surface area (Å²) in [5, 5.41) is 26.7. The first-order valence-corrected chi connectivity index (χ1v) is 9.70. The number of aliphatic hydroxyl groups excluding tert-OH is 1. The first-order valence-electron chi connectivity index (χ1n) is 9.70. The Labute approximate surface area is 179 Å². The van der Waals surface area contributed by atoms with Gasteiger partial charge in [-0.2, -0.15) is 4.80 Å². The smallest absolute Gasteiger partial charge is 0.206 e. The minimum atomic E-state index is 0.0671. The molecule has 0 atom stereocenters. The van der Waals surface area contributed by atoms with Gasteiger partial charge in [0, 0.05) is 28.5 Å². The molecule has 1 aliphatic heterocycles. The Balaban J connectivity index is 1.90. The van der Waals surface area contributed by atoms with E-state index in [4.69, 9.17) is 14.2 Å². The molecule has 31 heavy (non-hydrogen) atoms. The lowest BCUT2D eigenvalue weighted by molar-refractivity contribution is 0.340. The number of fused-ring (bicyclic) bond motifs is 1. The molecule has 0 saturated heterocycles. The van der Waals surface area contributed by atoms with E-state index in [0.29, 0.717) is 52.1 Å². The minimum Gasteiger partial charge on any atom is -0.505 e. The van der Waals surface area contributed by atoms with E-state index in [1.807, 2.05) is 37.3 Å². The SMILES string of the molecule is CCOc1cccc(C(O)=C2NC=C(c3nnn(C)n3)c3cc(OC)c(OC)cc32)c1. The average Bonchev–Trinajstić information content (AvgIpc) is 3.23. The summed E-state index contributed by atoms with van der Waals surface area (Å²) in [5.74, 6) is 2.27. The summed E-state index contributed by atoms with van der Waals surface area (Å²) < 4.78 is 16.5. The molecule has 0 spiro atoms. The number of aromatic nitrogens is 4. The Hall–Kier alpha value is -4.01. The number of nitrogens with zero attached hydrogens (tertiary/aromatic N) is 4. The van der Waals surface area contributed by atoms with Crippen molar-refractivity contribution in [3.8, 4) is 17.2 Å². The molecule has 0 saturated carbocycles. The highest BCUT2D eigenvalue weighted by molar-refractivity contribution is 5.96. The molecule has 0 unspecified atom stereocenters. The van der Waals surface area contributed by atoms with E-state index >= 15 is 0 Å². The first kappa shape index (κ1) is 20.3. The van der Waals surface area contributed by atoms with E-state index in [1.54, 1.807) is 33.5 Å². The molecule has 1 aliphatic rings. The van der Waals surface area contributed by atoms with Crippen LogP contribution in [0.4, 0.5) is 0 Å². The zero-order valence-corrected chi connectivity index (χ0v) is 17.7. The van der Waals surface area contributed by atoms with Crippen molar-refractivity contribution in [3.05, 3.63) is 65.1 Å². The molecule has 2 heterocycles. The number of aryl methyl sites for hydroxylation is 1. The van der Waals surface area contributed by atoms with Crippen LogP contribution in [0, 0.1) is 0 Å². The number of hydrogen-bond acceptors (Lipinski definition) is 8. The number of tetrazole rings is 1. The largest absolute Gasteiger partial charge is 0.505 e. The van der Waals surface area contributed by atoms with Gasteiger partial charge in [-0.1, -0.05) is 12.1 Å². The van der Waals surface area contributed by atoms with Crippen molar-refractivity contribution in [2.75, 3.05) is 20.8 Å². The van der Waals surface area contributed by atoms with Crippen LogP contribution in [0.5, 0.6) is 17.2 Å². The fourth-order valence-corrected chi connectivity index (χ4v) is 3.43. The lowest BCUT2D eigenvalue weighted by Crippen LogP contribution is -2.16. The zero-order valence-electron chi connectivity index (χ0n) is 17.7. The number of methoxy groups -OCH3 is 2. The van der Waals surface area contributed by atoms with Crippen molar-refractivity contribution in [2.24, 2.45) is 7.05 Å². The van der Waals surface area contributed by atoms with Gasteiger partial charge in [0.2, 0.25) is 5.82 Å². The summed E-state index contributed by atoms with van der Waals surface area (Å²) >= 11 is 0. The van der Waals surface area contributed by atoms with Crippen LogP contribution < -0.4 is 19.5 Å². The third kappa shape index (κ3) is 3.77. The molecule has 0 fully saturated rings. The Morgan fingerprint density at radius 3 is 2.48 bits per heavy atom. The van der Waals surface area contributed by atoms with Crippen molar-refractivity contribution in [3.63, 3.8) is 0 Å². The van der Waals surface area contributed by atoms with E-state index in [1.165, 1.54) is 4.80 Å². The standard InChI is InChI=1S/C22H23N5O4/c1-5-31-14-8-6-7-13(9-14)21(28)20-16-11-19(30-4)18(29-3)10-15(16)17(12-23-20)22-24-26-27(2)25-22/h6-12,23,28H,5H2,1-4H3. The van der Waals surface area contributed by atoms with Crippen LogP contribution in [0.15, 0.2) is 42.6 Å². The third-order valence-corrected chi connectivity index (χ3v) is 4.85. The van der Waals surface area contributed by atoms with Crippen LogP contribution >= 0.6 is 0 Å². The molecule has 2 aromatic carbocycles. The molecule has 9 nitrogen and oxygen atoms in total. The molecule has 9 heteroatoms. The molecular formula is C22H23N5O4. The zero-order chi connectivity index (χ0) is 22.0. The van der Waals surface area contributed by atoms with Crippen molar-refractivity contribution in [2.45, 2.75) is 6.92 Å².